The first kappa shape index (κ1) is 22.3. The van der Waals surface area contributed by atoms with E-state index in [9.17, 15) is 9.90 Å². The summed E-state index contributed by atoms with van der Waals surface area (Å²) in [6.45, 7) is 3.06. The van der Waals surface area contributed by atoms with Crippen molar-refractivity contribution in [2.75, 3.05) is 20.3 Å². The summed E-state index contributed by atoms with van der Waals surface area (Å²) in [7, 11) is 1.60. The third kappa shape index (κ3) is 4.81. The van der Waals surface area contributed by atoms with Crippen LogP contribution < -0.4 is 0 Å². The highest BCUT2D eigenvalue weighted by atomic mass is 35.5. The molecule has 0 atom stereocenters. The van der Waals surface area contributed by atoms with E-state index in [1.807, 2.05) is 37.3 Å². The molecule has 2 heterocycles. The van der Waals surface area contributed by atoms with Crippen LogP contribution in [0.2, 0.25) is 5.02 Å². The topological polar surface area (TPSA) is 91.4 Å². The zero-order valence-electron chi connectivity index (χ0n) is 17.5. The third-order valence-corrected chi connectivity index (χ3v) is 6.16. The van der Waals surface area contributed by atoms with Gasteiger partial charge in [0.2, 0.25) is 5.95 Å². The molecule has 166 valence electrons. The smallest absolute Gasteiger partial charge is 0.338 e. The van der Waals surface area contributed by atoms with Gasteiger partial charge >= 0.3 is 5.97 Å². The number of methoxy groups -OCH3 is 1. The SMILES string of the molecule is COCCOCn1c(-n2cc(C(=O)O)cn2)nc2cc(Sc3cccc(C)c3)c(Cl)cc21. The van der Waals surface area contributed by atoms with Gasteiger partial charge in [-0.3, -0.25) is 4.57 Å². The zero-order valence-corrected chi connectivity index (χ0v) is 19.1. The van der Waals surface area contributed by atoms with Crippen molar-refractivity contribution >= 4 is 40.4 Å². The lowest BCUT2D eigenvalue weighted by molar-refractivity contribution is 0.0356. The molecule has 1 N–H and O–H groups in total. The van der Waals surface area contributed by atoms with Crippen molar-refractivity contribution < 1.29 is 19.4 Å². The molecule has 0 aliphatic rings. The number of hydrogen-bond donors (Lipinski definition) is 1. The number of benzene rings is 2. The number of halogens is 1. The average Bonchev–Trinajstić information content (AvgIpc) is 3.37. The van der Waals surface area contributed by atoms with Gasteiger partial charge in [0, 0.05) is 23.1 Å². The van der Waals surface area contributed by atoms with Crippen LogP contribution in [-0.4, -0.2) is 50.7 Å². The van der Waals surface area contributed by atoms with Gasteiger partial charge in [0.15, 0.2) is 0 Å². The molecule has 0 radical (unpaired) electrons. The van der Waals surface area contributed by atoms with Crippen molar-refractivity contribution in [2.45, 2.75) is 23.4 Å². The fraction of sp³-hybridized carbons (Fsp3) is 0.227. The second-order valence-corrected chi connectivity index (χ2v) is 8.56. The Bertz CT molecular complexity index is 1270. The minimum absolute atomic E-state index is 0.0673. The normalized spacial score (nSPS) is 11.3. The summed E-state index contributed by atoms with van der Waals surface area (Å²) < 4.78 is 14.0. The van der Waals surface area contributed by atoms with E-state index >= 15 is 0 Å². The molecule has 0 unspecified atom stereocenters. The van der Waals surface area contributed by atoms with Gasteiger partial charge in [-0.2, -0.15) is 5.10 Å². The summed E-state index contributed by atoms with van der Waals surface area (Å²) in [4.78, 5) is 17.9. The Labute approximate surface area is 193 Å². The molecule has 2 aromatic carbocycles. The largest absolute Gasteiger partial charge is 0.478 e. The van der Waals surface area contributed by atoms with Crippen molar-refractivity contribution in [2.24, 2.45) is 0 Å². The molecule has 0 bridgehead atoms. The first-order chi connectivity index (χ1) is 15.5. The molecule has 0 fully saturated rings. The Morgan fingerprint density at radius 1 is 1.25 bits per heavy atom. The van der Waals surface area contributed by atoms with Gasteiger partial charge in [-0.05, 0) is 31.2 Å². The molecule has 0 saturated carbocycles. The average molecular weight is 473 g/mol. The maximum Gasteiger partial charge on any atom is 0.338 e. The molecule has 0 spiro atoms. The summed E-state index contributed by atoms with van der Waals surface area (Å²) in [5.74, 6) is -0.631. The van der Waals surface area contributed by atoms with Crippen LogP contribution in [-0.2, 0) is 16.2 Å². The first-order valence-corrected chi connectivity index (χ1v) is 10.9. The van der Waals surface area contributed by atoms with Gasteiger partial charge in [0.25, 0.3) is 0 Å². The molecular weight excluding hydrogens is 452 g/mol. The van der Waals surface area contributed by atoms with E-state index in [2.05, 4.69) is 11.2 Å². The van der Waals surface area contributed by atoms with E-state index in [4.69, 9.17) is 26.1 Å². The van der Waals surface area contributed by atoms with Crippen LogP contribution in [0.15, 0.2) is 58.6 Å². The van der Waals surface area contributed by atoms with Gasteiger partial charge in [-0.1, -0.05) is 41.1 Å². The number of hydrogen-bond acceptors (Lipinski definition) is 6. The van der Waals surface area contributed by atoms with E-state index in [0.29, 0.717) is 29.7 Å². The highest BCUT2D eigenvalue weighted by molar-refractivity contribution is 7.99. The van der Waals surface area contributed by atoms with E-state index in [1.165, 1.54) is 22.6 Å². The fourth-order valence-corrected chi connectivity index (χ4v) is 4.39. The van der Waals surface area contributed by atoms with Gasteiger partial charge in [0.1, 0.15) is 6.73 Å². The van der Waals surface area contributed by atoms with Crippen molar-refractivity contribution in [3.8, 4) is 5.95 Å². The molecule has 4 aromatic rings. The maximum atomic E-state index is 11.3. The second kappa shape index (κ2) is 9.74. The standard InChI is InChI=1S/C22H21ClN4O4S/c1-14-4-3-5-16(8-14)32-20-10-18-19(9-17(20)23)26(13-31-7-6-30-2)22(25-18)27-12-15(11-24-27)21(28)29/h3-5,8-12H,6-7,13H2,1-2H3,(H,28,29). The highest BCUT2D eigenvalue weighted by Crippen LogP contribution is 2.37. The quantitative estimate of drug-likeness (QED) is 0.354. The Morgan fingerprint density at radius 2 is 2.09 bits per heavy atom. The minimum atomic E-state index is -1.06. The maximum absolute atomic E-state index is 11.3. The number of aromatic carboxylic acids is 1. The number of aryl methyl sites for hydroxylation is 1. The summed E-state index contributed by atoms with van der Waals surface area (Å²) in [6, 6.07) is 11.9. The van der Waals surface area contributed by atoms with Crippen LogP contribution >= 0.6 is 23.4 Å². The van der Waals surface area contributed by atoms with E-state index in [-0.39, 0.29) is 12.3 Å². The summed E-state index contributed by atoms with van der Waals surface area (Å²) in [6.07, 6.45) is 2.70. The molecule has 2 aromatic heterocycles. The number of carboxylic acid groups (broad SMARTS) is 1. The highest BCUT2D eigenvalue weighted by Gasteiger charge is 2.18. The zero-order chi connectivity index (χ0) is 22.7. The van der Waals surface area contributed by atoms with Crippen molar-refractivity contribution in [1.29, 1.82) is 0 Å². The number of imidazole rings is 1. The molecule has 4 rings (SSSR count). The van der Waals surface area contributed by atoms with Crippen LogP contribution in [0.4, 0.5) is 0 Å². The fourth-order valence-electron chi connectivity index (χ4n) is 3.14. The van der Waals surface area contributed by atoms with Crippen molar-refractivity contribution in [3.05, 3.63) is 64.9 Å². The predicted octanol–water partition coefficient (Wildman–Crippen LogP) is 4.65. The number of ether oxygens (including phenoxy) is 2. The number of carboxylic acids is 1. The van der Waals surface area contributed by atoms with Crippen LogP contribution in [0.25, 0.3) is 17.0 Å². The second-order valence-electron chi connectivity index (χ2n) is 7.04. The molecular formula is C22H21ClN4O4S. The predicted molar refractivity (Wildman–Crippen MR) is 122 cm³/mol. The van der Waals surface area contributed by atoms with Gasteiger partial charge in [-0.15, -0.1) is 0 Å². The third-order valence-electron chi connectivity index (χ3n) is 4.69. The lowest BCUT2D eigenvalue weighted by Crippen LogP contribution is -2.12. The Hall–Kier alpha value is -2.85. The Morgan fingerprint density at radius 3 is 2.81 bits per heavy atom. The number of carbonyl (C=O) groups is 1. The van der Waals surface area contributed by atoms with Gasteiger partial charge in [-0.25, -0.2) is 14.5 Å². The summed E-state index contributed by atoms with van der Waals surface area (Å²) in [5, 5.41) is 14.0. The van der Waals surface area contributed by atoms with Crippen molar-refractivity contribution in [3.63, 3.8) is 0 Å². The monoisotopic (exact) mass is 472 g/mol. The van der Waals surface area contributed by atoms with Crippen LogP contribution in [0.5, 0.6) is 0 Å². The van der Waals surface area contributed by atoms with Crippen LogP contribution in [0.1, 0.15) is 15.9 Å². The van der Waals surface area contributed by atoms with Crippen LogP contribution in [0, 0.1) is 6.92 Å². The molecule has 0 aliphatic carbocycles. The Kier molecular flexibility index (Phi) is 6.80. The number of aromatic nitrogens is 4. The minimum Gasteiger partial charge on any atom is -0.478 e. The lowest BCUT2D eigenvalue weighted by Gasteiger charge is -2.10. The summed E-state index contributed by atoms with van der Waals surface area (Å²) >= 11 is 8.18. The van der Waals surface area contributed by atoms with Crippen LogP contribution in [0.3, 0.4) is 0 Å². The number of fused-ring (bicyclic) bond motifs is 1. The van der Waals surface area contributed by atoms with E-state index < -0.39 is 5.97 Å². The van der Waals surface area contributed by atoms with E-state index in [0.717, 1.165) is 15.3 Å². The number of nitrogens with zero attached hydrogens (tertiary/aromatic N) is 4. The first-order valence-electron chi connectivity index (χ1n) is 9.75. The molecule has 8 nitrogen and oxygen atoms in total. The molecule has 0 amide bonds. The number of rotatable bonds is 9. The van der Waals surface area contributed by atoms with Gasteiger partial charge < -0.3 is 14.6 Å². The molecule has 32 heavy (non-hydrogen) atoms. The molecule has 0 aliphatic heterocycles. The summed E-state index contributed by atoms with van der Waals surface area (Å²) in [5.41, 5.74) is 2.68. The van der Waals surface area contributed by atoms with Gasteiger partial charge in [0.05, 0.1) is 41.0 Å². The van der Waals surface area contributed by atoms with Crippen molar-refractivity contribution in [1.82, 2.24) is 19.3 Å². The Balaban J connectivity index is 1.75. The molecule has 0 saturated heterocycles. The van der Waals surface area contributed by atoms with E-state index in [1.54, 1.807) is 23.4 Å². The lowest BCUT2D eigenvalue weighted by atomic mass is 10.2. The molecule has 10 heteroatoms.